The number of rotatable bonds is 6. The fraction of sp³-hybridized carbons (Fsp3) is 0.303. The van der Waals surface area contributed by atoms with Crippen molar-refractivity contribution in [3.05, 3.63) is 114 Å². The van der Waals surface area contributed by atoms with E-state index in [-0.39, 0.29) is 45.9 Å². The number of anilines is 1. The number of thiazole rings is 1. The van der Waals surface area contributed by atoms with Crippen LogP contribution >= 0.6 is 23.1 Å². The molecule has 2 amide bonds. The number of amides is 2. The third-order valence-electron chi connectivity index (χ3n) is 9.93. The van der Waals surface area contributed by atoms with Crippen LogP contribution in [0.15, 0.2) is 82.6 Å². The van der Waals surface area contributed by atoms with Gasteiger partial charge in [0.1, 0.15) is 12.4 Å². The van der Waals surface area contributed by atoms with Gasteiger partial charge in [0.05, 0.1) is 33.0 Å². The van der Waals surface area contributed by atoms with Gasteiger partial charge in [-0.3, -0.25) is 29.4 Å². The molecule has 1 aromatic heterocycles. The number of carbonyl (C=O) groups is 2. The molecule has 2 aliphatic heterocycles. The maximum atomic E-state index is 14.0. The molecule has 6 unspecified atom stereocenters. The van der Waals surface area contributed by atoms with Gasteiger partial charge in [0, 0.05) is 33.7 Å². The van der Waals surface area contributed by atoms with Crippen molar-refractivity contribution in [1.82, 2.24) is 4.98 Å². The number of fused-ring (bicyclic) bond motifs is 9. The van der Waals surface area contributed by atoms with Crippen LogP contribution in [0.5, 0.6) is 5.75 Å². The molecule has 1 saturated heterocycles. The first-order chi connectivity index (χ1) is 22.5. The van der Waals surface area contributed by atoms with Gasteiger partial charge in [-0.1, -0.05) is 47.7 Å². The van der Waals surface area contributed by atoms with Crippen molar-refractivity contribution in [2.24, 2.45) is 29.6 Å². The molecule has 2 aliphatic carbocycles. The zero-order valence-corrected chi connectivity index (χ0v) is 25.8. The number of nitrogens with one attached hydrogen (secondary N) is 1. The highest BCUT2D eigenvalue weighted by molar-refractivity contribution is 8.00. The second-order valence-corrected chi connectivity index (χ2v) is 14.5. The molecule has 0 spiro atoms. The first kappa shape index (κ1) is 29.9. The molecule has 3 aromatic carbocycles. The molecule has 3 heterocycles. The summed E-state index contributed by atoms with van der Waals surface area (Å²) in [6.07, 6.45) is -4.11. The second-order valence-electron chi connectivity index (χ2n) is 12.3. The number of benzene rings is 3. The number of thioether (sulfide) groups is 1. The molecule has 4 aromatic rings. The van der Waals surface area contributed by atoms with Crippen molar-refractivity contribution in [1.29, 1.82) is 0 Å². The quantitative estimate of drug-likeness (QED) is 0.138. The van der Waals surface area contributed by atoms with E-state index < -0.39 is 46.2 Å². The summed E-state index contributed by atoms with van der Waals surface area (Å²) >= 11 is 2.45. The van der Waals surface area contributed by atoms with Crippen LogP contribution in [0.25, 0.3) is 0 Å². The highest BCUT2D eigenvalue weighted by atomic mass is 32.2. The Hall–Kier alpha value is -4.43. The van der Waals surface area contributed by atoms with E-state index in [1.165, 1.54) is 36.0 Å². The highest BCUT2D eigenvalue weighted by Gasteiger charge is 2.70. The number of hydrogen-bond acceptors (Lipinski definition) is 8. The van der Waals surface area contributed by atoms with Gasteiger partial charge in [-0.05, 0) is 54.0 Å². The topological polar surface area (TPSA) is 123 Å². The molecule has 9 nitrogen and oxygen atoms in total. The molecule has 14 heteroatoms. The van der Waals surface area contributed by atoms with Gasteiger partial charge in [-0.25, -0.2) is 0 Å². The van der Waals surface area contributed by atoms with E-state index in [1.807, 2.05) is 30.3 Å². The zero-order chi connectivity index (χ0) is 32.8. The Labute approximate surface area is 272 Å². The second kappa shape index (κ2) is 10.8. The van der Waals surface area contributed by atoms with Crippen molar-refractivity contribution in [3.63, 3.8) is 0 Å². The molecule has 47 heavy (non-hydrogen) atoms. The Morgan fingerprint density at radius 1 is 0.957 bits per heavy atom. The minimum Gasteiger partial charge on any atom is -0.489 e. The van der Waals surface area contributed by atoms with Crippen molar-refractivity contribution in [2.45, 2.75) is 35.4 Å². The number of aromatic amines is 1. The van der Waals surface area contributed by atoms with Crippen molar-refractivity contribution in [3.8, 4) is 5.75 Å². The Balaban J connectivity index is 1.21. The summed E-state index contributed by atoms with van der Waals surface area (Å²) in [4.78, 5) is 56.3. The van der Waals surface area contributed by atoms with E-state index in [0.717, 1.165) is 33.9 Å². The van der Waals surface area contributed by atoms with Crippen LogP contribution in [-0.4, -0.2) is 27.0 Å². The molecule has 4 aliphatic rings. The lowest BCUT2D eigenvalue weighted by Gasteiger charge is -2.43. The number of aromatic nitrogens is 1. The predicted molar refractivity (Wildman–Crippen MR) is 166 cm³/mol. The van der Waals surface area contributed by atoms with Crippen LogP contribution in [0, 0.1) is 39.7 Å². The molecule has 8 rings (SSSR count). The van der Waals surface area contributed by atoms with Crippen LogP contribution in [0.4, 0.5) is 24.5 Å². The number of ether oxygens (including phenoxy) is 1. The summed E-state index contributed by atoms with van der Waals surface area (Å²) in [6, 6.07) is 18.0. The summed E-state index contributed by atoms with van der Waals surface area (Å²) in [5.74, 6) is -3.66. The fourth-order valence-corrected chi connectivity index (χ4v) is 11.1. The molecular weight excluding hydrogens is 656 g/mol. The Morgan fingerprint density at radius 3 is 2.43 bits per heavy atom. The monoisotopic (exact) mass is 679 g/mol. The van der Waals surface area contributed by atoms with Gasteiger partial charge in [-0.2, -0.15) is 13.2 Å². The Morgan fingerprint density at radius 2 is 1.70 bits per heavy atom. The number of nitrogens with zero attached hydrogens (tertiary/aromatic N) is 2. The Kier molecular flexibility index (Phi) is 6.88. The summed E-state index contributed by atoms with van der Waals surface area (Å²) in [5, 5.41) is 12.3. The average Bonchev–Trinajstić information content (AvgIpc) is 3.78. The van der Waals surface area contributed by atoms with Gasteiger partial charge < -0.3 is 9.72 Å². The van der Waals surface area contributed by atoms with Crippen molar-refractivity contribution < 1.29 is 32.4 Å². The smallest absolute Gasteiger partial charge is 0.416 e. The maximum absolute atomic E-state index is 14.0. The number of nitro groups is 1. The predicted octanol–water partition coefficient (Wildman–Crippen LogP) is 6.62. The first-order valence-corrected chi connectivity index (χ1v) is 16.6. The molecule has 3 fully saturated rings. The number of alkyl halides is 3. The Bertz CT molecular complexity index is 2010. The van der Waals surface area contributed by atoms with E-state index in [9.17, 15) is 37.7 Å². The number of nitro benzene ring substituents is 1. The first-order valence-electron chi connectivity index (χ1n) is 14.9. The largest absolute Gasteiger partial charge is 0.489 e. The van der Waals surface area contributed by atoms with E-state index in [4.69, 9.17) is 4.74 Å². The van der Waals surface area contributed by atoms with Gasteiger partial charge in [0.15, 0.2) is 0 Å². The van der Waals surface area contributed by atoms with Gasteiger partial charge in [0.2, 0.25) is 11.8 Å². The number of imide groups is 1. The standard InChI is InChI=1S/C33H24F3N3O6S2/c34-33(35,36)16-7-4-8-17(11-16)38-30(40)25-20-13-21(26(25)31(38)41)27-24(20)23(28-29(46-27)37-32(42)47-28)19-12-18(39(43)44)9-10-22(19)45-14-15-5-2-1-3-6-15/h1-12,20-21,23-27H,13-14H2,(H,37,42)/t20?,21?,23-,24?,25?,26?,27?/m1/s1. The number of hydrogen-bond donors (Lipinski definition) is 1. The minimum absolute atomic E-state index is 0.116. The summed E-state index contributed by atoms with van der Waals surface area (Å²) in [5.41, 5.74) is 0.164. The van der Waals surface area contributed by atoms with E-state index in [1.54, 1.807) is 6.07 Å². The molecule has 2 bridgehead atoms. The fourth-order valence-electron chi connectivity index (χ4n) is 8.20. The molecule has 2 saturated carbocycles. The van der Waals surface area contributed by atoms with E-state index in [0.29, 0.717) is 27.6 Å². The lowest BCUT2D eigenvalue weighted by Crippen LogP contribution is -2.42. The number of non-ortho nitro benzene ring substituents is 1. The van der Waals surface area contributed by atoms with Gasteiger partial charge in [-0.15, -0.1) is 11.8 Å². The zero-order valence-electron chi connectivity index (χ0n) is 24.2. The highest BCUT2D eigenvalue weighted by Crippen LogP contribution is 2.69. The summed E-state index contributed by atoms with van der Waals surface area (Å²) < 4.78 is 46.9. The lowest BCUT2D eigenvalue weighted by molar-refractivity contribution is -0.385. The normalized spacial score (nSPS) is 27.5. The van der Waals surface area contributed by atoms with E-state index >= 15 is 0 Å². The van der Waals surface area contributed by atoms with Crippen LogP contribution in [-0.2, 0) is 22.4 Å². The maximum Gasteiger partial charge on any atom is 0.416 e. The SMILES string of the molecule is O=C1C2C3CC(C2C(=O)N1c1cccc(C(F)(F)F)c1)C1C3Sc2[nH]c(=O)sc2[C@@H]1c1cc([N+](=O)[O-])ccc1OCc1ccccc1. The molecule has 7 atom stereocenters. The minimum atomic E-state index is -4.65. The number of carbonyl (C=O) groups excluding carboxylic acids is 2. The van der Waals surface area contributed by atoms with Crippen molar-refractivity contribution in [2.75, 3.05) is 4.90 Å². The number of H-pyrrole nitrogens is 1. The molecule has 0 radical (unpaired) electrons. The summed E-state index contributed by atoms with van der Waals surface area (Å²) in [6.45, 7) is 0.188. The number of halogens is 3. The molecular formula is C33H24F3N3O6S2. The van der Waals surface area contributed by atoms with Gasteiger partial charge in [0.25, 0.3) is 5.69 Å². The molecule has 1 N–H and O–H groups in total. The third kappa shape index (κ3) is 4.71. The third-order valence-corrected chi connectivity index (χ3v) is 12.5. The van der Waals surface area contributed by atoms with Crippen LogP contribution < -0.4 is 14.5 Å². The summed E-state index contributed by atoms with van der Waals surface area (Å²) in [7, 11) is 0. The van der Waals surface area contributed by atoms with Crippen LogP contribution in [0.2, 0.25) is 0 Å². The average molecular weight is 680 g/mol. The van der Waals surface area contributed by atoms with Crippen molar-refractivity contribution >= 4 is 46.3 Å². The van der Waals surface area contributed by atoms with Crippen LogP contribution in [0.3, 0.4) is 0 Å². The van der Waals surface area contributed by atoms with Crippen LogP contribution in [0.1, 0.15) is 33.9 Å². The molecule has 240 valence electrons. The van der Waals surface area contributed by atoms with E-state index in [2.05, 4.69) is 4.98 Å². The lowest BCUT2D eigenvalue weighted by atomic mass is 9.68. The van der Waals surface area contributed by atoms with Gasteiger partial charge >= 0.3 is 11.0 Å².